The minimum absolute atomic E-state index is 0.300. The molecule has 0 unspecified atom stereocenters. The standard InChI is InChI=1S/C20H15ClN4OS/c1-25-17(15(21)12-22-25)19(26)24-20-23-16(13-8-4-2-5-9-13)18(27-20)14-10-6-3-7-11-14/h2-12H,1H3,(H,23,24,26). The van der Waals surface area contributed by atoms with Crippen molar-refractivity contribution in [3.8, 4) is 21.7 Å². The third kappa shape index (κ3) is 3.49. The molecule has 0 spiro atoms. The summed E-state index contributed by atoms with van der Waals surface area (Å²) in [6.45, 7) is 0. The fourth-order valence-corrected chi connectivity index (χ4v) is 4.01. The quantitative estimate of drug-likeness (QED) is 0.522. The largest absolute Gasteiger partial charge is 0.296 e. The summed E-state index contributed by atoms with van der Waals surface area (Å²) in [5, 5.41) is 7.67. The molecule has 0 aliphatic heterocycles. The Bertz CT molecular complexity index is 1010. The fraction of sp³-hybridized carbons (Fsp3) is 0.0500. The van der Waals surface area contributed by atoms with Crippen LogP contribution in [0.4, 0.5) is 5.13 Å². The SMILES string of the molecule is Cn1ncc(Cl)c1C(=O)Nc1nc(-c2ccccc2)c(-c2ccccc2)s1. The van der Waals surface area contributed by atoms with Crippen molar-refractivity contribution in [2.75, 3.05) is 5.32 Å². The molecule has 5 nitrogen and oxygen atoms in total. The highest BCUT2D eigenvalue weighted by Gasteiger charge is 2.20. The average molecular weight is 395 g/mol. The number of rotatable bonds is 4. The maximum absolute atomic E-state index is 12.6. The molecule has 2 aromatic carbocycles. The molecule has 1 amide bonds. The molecule has 0 saturated heterocycles. The van der Waals surface area contributed by atoms with Gasteiger partial charge < -0.3 is 0 Å². The van der Waals surface area contributed by atoms with Crippen molar-refractivity contribution in [1.82, 2.24) is 14.8 Å². The minimum atomic E-state index is -0.340. The topological polar surface area (TPSA) is 59.8 Å². The van der Waals surface area contributed by atoms with E-state index in [0.29, 0.717) is 15.8 Å². The lowest BCUT2D eigenvalue weighted by molar-refractivity contribution is 0.101. The zero-order valence-corrected chi connectivity index (χ0v) is 16.0. The van der Waals surface area contributed by atoms with E-state index >= 15 is 0 Å². The summed E-state index contributed by atoms with van der Waals surface area (Å²) in [6, 6.07) is 19.9. The maximum atomic E-state index is 12.6. The van der Waals surface area contributed by atoms with Crippen molar-refractivity contribution < 1.29 is 4.79 Å². The maximum Gasteiger partial charge on any atom is 0.277 e. The Labute approximate surface area is 165 Å². The number of nitrogens with one attached hydrogen (secondary N) is 1. The van der Waals surface area contributed by atoms with Crippen LogP contribution < -0.4 is 5.32 Å². The summed E-state index contributed by atoms with van der Waals surface area (Å²) in [5.41, 5.74) is 3.17. The van der Waals surface area contributed by atoms with Gasteiger partial charge in [0.05, 0.1) is 21.8 Å². The third-order valence-electron chi connectivity index (χ3n) is 4.04. The van der Waals surface area contributed by atoms with Crippen LogP contribution in [-0.2, 0) is 7.05 Å². The molecule has 27 heavy (non-hydrogen) atoms. The molecule has 0 aliphatic carbocycles. The van der Waals surface area contributed by atoms with Crippen LogP contribution in [0.2, 0.25) is 5.02 Å². The summed E-state index contributed by atoms with van der Waals surface area (Å²) in [6.07, 6.45) is 1.45. The van der Waals surface area contributed by atoms with E-state index in [1.165, 1.54) is 22.2 Å². The molecule has 0 saturated carbocycles. The number of anilines is 1. The summed E-state index contributed by atoms with van der Waals surface area (Å²) in [4.78, 5) is 18.3. The lowest BCUT2D eigenvalue weighted by Gasteiger charge is -2.02. The van der Waals surface area contributed by atoms with Gasteiger partial charge in [0.1, 0.15) is 5.69 Å². The second-order valence-corrected chi connectivity index (χ2v) is 7.25. The second kappa shape index (κ2) is 7.34. The summed E-state index contributed by atoms with van der Waals surface area (Å²) < 4.78 is 1.45. The van der Waals surface area contributed by atoms with Gasteiger partial charge in [0.15, 0.2) is 5.13 Å². The molecule has 0 fully saturated rings. The number of amides is 1. The number of hydrogen-bond acceptors (Lipinski definition) is 4. The lowest BCUT2D eigenvalue weighted by Crippen LogP contribution is -2.16. The van der Waals surface area contributed by atoms with Gasteiger partial charge in [-0.05, 0) is 5.56 Å². The van der Waals surface area contributed by atoms with E-state index < -0.39 is 0 Å². The molecular formula is C20H15ClN4OS. The molecule has 0 radical (unpaired) electrons. The molecule has 0 bridgehead atoms. The number of thiazole rings is 1. The van der Waals surface area contributed by atoms with E-state index in [4.69, 9.17) is 11.6 Å². The Morgan fingerprint density at radius 3 is 2.26 bits per heavy atom. The number of aromatic nitrogens is 3. The van der Waals surface area contributed by atoms with Gasteiger partial charge in [-0.15, -0.1) is 0 Å². The van der Waals surface area contributed by atoms with Gasteiger partial charge in [-0.2, -0.15) is 5.10 Å². The molecule has 1 N–H and O–H groups in total. The highest BCUT2D eigenvalue weighted by atomic mass is 35.5. The Hall–Kier alpha value is -2.96. The van der Waals surface area contributed by atoms with Gasteiger partial charge in [0.25, 0.3) is 5.91 Å². The number of carbonyl (C=O) groups is 1. The van der Waals surface area contributed by atoms with Crippen LogP contribution in [0.5, 0.6) is 0 Å². The van der Waals surface area contributed by atoms with Gasteiger partial charge in [-0.3, -0.25) is 14.8 Å². The van der Waals surface area contributed by atoms with Gasteiger partial charge >= 0.3 is 0 Å². The van der Waals surface area contributed by atoms with Crippen LogP contribution in [0.1, 0.15) is 10.5 Å². The van der Waals surface area contributed by atoms with Crippen LogP contribution in [0.25, 0.3) is 21.7 Å². The third-order valence-corrected chi connectivity index (χ3v) is 5.34. The number of aryl methyl sites for hydroxylation is 1. The van der Waals surface area contributed by atoms with Crippen molar-refractivity contribution in [2.45, 2.75) is 0 Å². The van der Waals surface area contributed by atoms with Crippen LogP contribution >= 0.6 is 22.9 Å². The van der Waals surface area contributed by atoms with E-state index in [-0.39, 0.29) is 5.91 Å². The molecule has 2 aromatic heterocycles. The van der Waals surface area contributed by atoms with Gasteiger partial charge in [-0.25, -0.2) is 4.98 Å². The minimum Gasteiger partial charge on any atom is -0.296 e. The van der Waals surface area contributed by atoms with Crippen LogP contribution in [0.3, 0.4) is 0 Å². The van der Waals surface area contributed by atoms with Gasteiger partial charge in [0.2, 0.25) is 0 Å². The van der Waals surface area contributed by atoms with E-state index in [9.17, 15) is 4.79 Å². The monoisotopic (exact) mass is 394 g/mol. The highest BCUT2D eigenvalue weighted by molar-refractivity contribution is 7.19. The molecule has 4 aromatic rings. The Balaban J connectivity index is 1.75. The predicted octanol–water partition coefficient (Wildman–Crippen LogP) is 5.12. The molecule has 0 atom stereocenters. The molecule has 0 aliphatic rings. The van der Waals surface area contributed by atoms with Crippen molar-refractivity contribution in [3.05, 3.63) is 77.6 Å². The first-order valence-electron chi connectivity index (χ1n) is 8.24. The summed E-state index contributed by atoms with van der Waals surface area (Å²) >= 11 is 7.50. The average Bonchev–Trinajstić information content (AvgIpc) is 3.26. The Kier molecular flexibility index (Phi) is 4.75. The predicted molar refractivity (Wildman–Crippen MR) is 109 cm³/mol. The summed E-state index contributed by atoms with van der Waals surface area (Å²) in [5.74, 6) is -0.340. The number of halogens is 1. The second-order valence-electron chi connectivity index (χ2n) is 5.85. The normalized spacial score (nSPS) is 10.7. The zero-order chi connectivity index (χ0) is 18.8. The summed E-state index contributed by atoms with van der Waals surface area (Å²) in [7, 11) is 1.67. The Morgan fingerprint density at radius 2 is 1.67 bits per heavy atom. The van der Waals surface area contributed by atoms with Crippen molar-refractivity contribution in [1.29, 1.82) is 0 Å². The number of carbonyl (C=O) groups excluding carboxylic acids is 1. The van der Waals surface area contributed by atoms with Crippen molar-refractivity contribution in [2.24, 2.45) is 7.05 Å². The first-order valence-corrected chi connectivity index (χ1v) is 9.43. The van der Waals surface area contributed by atoms with Crippen molar-refractivity contribution >= 4 is 34.0 Å². The van der Waals surface area contributed by atoms with E-state index in [1.807, 2.05) is 60.7 Å². The van der Waals surface area contributed by atoms with E-state index in [0.717, 1.165) is 21.7 Å². The number of benzene rings is 2. The highest BCUT2D eigenvalue weighted by Crippen LogP contribution is 2.39. The number of nitrogens with zero attached hydrogens (tertiary/aromatic N) is 3. The van der Waals surface area contributed by atoms with Crippen LogP contribution in [-0.4, -0.2) is 20.7 Å². The van der Waals surface area contributed by atoms with E-state index in [2.05, 4.69) is 15.4 Å². The molecule has 7 heteroatoms. The van der Waals surface area contributed by atoms with E-state index in [1.54, 1.807) is 7.05 Å². The van der Waals surface area contributed by atoms with Gasteiger partial charge in [0, 0.05) is 12.6 Å². The fourth-order valence-electron chi connectivity index (χ4n) is 2.77. The molecular weight excluding hydrogens is 380 g/mol. The van der Waals surface area contributed by atoms with Crippen LogP contribution in [0.15, 0.2) is 66.9 Å². The van der Waals surface area contributed by atoms with Gasteiger partial charge in [-0.1, -0.05) is 83.6 Å². The Morgan fingerprint density at radius 1 is 1.04 bits per heavy atom. The lowest BCUT2D eigenvalue weighted by atomic mass is 10.1. The first-order chi connectivity index (χ1) is 13.1. The molecule has 134 valence electrons. The van der Waals surface area contributed by atoms with Crippen LogP contribution in [0, 0.1) is 0 Å². The first kappa shape index (κ1) is 17.5. The zero-order valence-electron chi connectivity index (χ0n) is 14.4. The van der Waals surface area contributed by atoms with Crippen molar-refractivity contribution in [3.63, 3.8) is 0 Å². The smallest absolute Gasteiger partial charge is 0.277 e. The molecule has 2 heterocycles. The molecule has 4 rings (SSSR count). The number of hydrogen-bond donors (Lipinski definition) is 1.